The van der Waals surface area contributed by atoms with Crippen molar-refractivity contribution in [3.8, 4) is 0 Å². The normalized spacial score (nSPS) is 25.6. The van der Waals surface area contributed by atoms with Gasteiger partial charge in [-0.3, -0.25) is 4.79 Å². The van der Waals surface area contributed by atoms with E-state index in [1.807, 2.05) is 4.90 Å². The van der Waals surface area contributed by atoms with Crippen LogP contribution in [0.4, 0.5) is 0 Å². The number of aliphatic hydroxyl groups excluding tert-OH is 1. The minimum absolute atomic E-state index is 0.260. The van der Waals surface area contributed by atoms with Gasteiger partial charge >= 0.3 is 0 Å². The minimum Gasteiger partial charge on any atom is -0.396 e. The Balaban J connectivity index is 1.58. The Bertz CT molecular complexity index is 267. The molecule has 1 N–H and O–H groups in total. The quantitative estimate of drug-likeness (QED) is 0.749. The van der Waals surface area contributed by atoms with Crippen LogP contribution < -0.4 is 0 Å². The van der Waals surface area contributed by atoms with E-state index in [4.69, 9.17) is 9.84 Å². The monoisotopic (exact) mass is 256 g/mol. The highest BCUT2D eigenvalue weighted by Gasteiger charge is 2.22. The molecule has 2 rings (SSSR count). The van der Waals surface area contributed by atoms with Gasteiger partial charge in [-0.25, -0.2) is 0 Å². The molecule has 2 fully saturated rings. The molecule has 1 atom stereocenters. The SMILES string of the molecule is O=C(CCCN1CCC(CO)C1)N1CCOCC1. The van der Waals surface area contributed by atoms with Gasteiger partial charge in [-0.2, -0.15) is 0 Å². The predicted molar refractivity (Wildman–Crippen MR) is 68.3 cm³/mol. The molecule has 104 valence electrons. The van der Waals surface area contributed by atoms with E-state index in [-0.39, 0.29) is 5.91 Å². The Hall–Kier alpha value is -0.650. The molecule has 2 heterocycles. The van der Waals surface area contributed by atoms with E-state index >= 15 is 0 Å². The molecule has 2 saturated heterocycles. The van der Waals surface area contributed by atoms with Crippen molar-refractivity contribution in [1.82, 2.24) is 9.80 Å². The number of amides is 1. The molecule has 1 amide bonds. The van der Waals surface area contributed by atoms with Gasteiger partial charge in [0.05, 0.1) is 13.2 Å². The second kappa shape index (κ2) is 7.07. The van der Waals surface area contributed by atoms with E-state index in [1.54, 1.807) is 0 Å². The Morgan fingerprint density at radius 1 is 1.28 bits per heavy atom. The molecule has 0 aromatic heterocycles. The maximum atomic E-state index is 11.9. The van der Waals surface area contributed by atoms with E-state index < -0.39 is 0 Å². The number of carbonyl (C=O) groups is 1. The number of likely N-dealkylation sites (tertiary alicyclic amines) is 1. The minimum atomic E-state index is 0.260. The summed E-state index contributed by atoms with van der Waals surface area (Å²) in [5.74, 6) is 0.705. The van der Waals surface area contributed by atoms with E-state index in [1.165, 1.54) is 0 Å². The maximum absolute atomic E-state index is 11.9. The molecular weight excluding hydrogens is 232 g/mol. The summed E-state index contributed by atoms with van der Waals surface area (Å²) in [5.41, 5.74) is 0. The zero-order valence-corrected chi connectivity index (χ0v) is 11.0. The van der Waals surface area contributed by atoms with Crippen molar-refractivity contribution in [3.05, 3.63) is 0 Å². The summed E-state index contributed by atoms with van der Waals surface area (Å²) in [6.45, 7) is 6.17. The van der Waals surface area contributed by atoms with Crippen molar-refractivity contribution in [2.24, 2.45) is 5.92 Å². The fourth-order valence-corrected chi connectivity index (χ4v) is 2.69. The van der Waals surface area contributed by atoms with Crippen molar-refractivity contribution in [2.45, 2.75) is 19.3 Å². The largest absolute Gasteiger partial charge is 0.396 e. The van der Waals surface area contributed by atoms with Gasteiger partial charge in [-0.05, 0) is 31.8 Å². The fourth-order valence-electron chi connectivity index (χ4n) is 2.69. The van der Waals surface area contributed by atoms with Crippen LogP contribution in [0.25, 0.3) is 0 Å². The van der Waals surface area contributed by atoms with Crippen LogP contribution in [0.2, 0.25) is 0 Å². The third-order valence-electron chi connectivity index (χ3n) is 3.86. The van der Waals surface area contributed by atoms with Crippen molar-refractivity contribution in [2.75, 3.05) is 52.5 Å². The van der Waals surface area contributed by atoms with Crippen molar-refractivity contribution in [3.63, 3.8) is 0 Å². The Morgan fingerprint density at radius 2 is 2.06 bits per heavy atom. The van der Waals surface area contributed by atoms with Gasteiger partial charge in [0, 0.05) is 32.7 Å². The first-order chi connectivity index (χ1) is 8.79. The number of hydrogen-bond donors (Lipinski definition) is 1. The van der Waals surface area contributed by atoms with Crippen LogP contribution in [0.1, 0.15) is 19.3 Å². The molecule has 0 aromatic rings. The molecule has 5 heteroatoms. The standard InChI is InChI=1S/C13H24N2O3/c16-11-12-3-5-14(10-12)4-1-2-13(17)15-6-8-18-9-7-15/h12,16H,1-11H2. The third kappa shape index (κ3) is 3.93. The molecule has 0 aromatic carbocycles. The molecule has 1 unspecified atom stereocenters. The number of hydrogen-bond acceptors (Lipinski definition) is 4. The van der Waals surface area contributed by atoms with Gasteiger partial charge in [0.2, 0.25) is 5.91 Å². The molecule has 0 radical (unpaired) electrons. The van der Waals surface area contributed by atoms with Crippen LogP contribution >= 0.6 is 0 Å². The highest BCUT2D eigenvalue weighted by atomic mass is 16.5. The number of nitrogens with zero attached hydrogens (tertiary/aromatic N) is 2. The Labute approximate surface area is 109 Å². The molecular formula is C13H24N2O3. The van der Waals surface area contributed by atoms with Crippen LogP contribution in [-0.4, -0.2) is 73.4 Å². The summed E-state index contributed by atoms with van der Waals surface area (Å²) in [6.07, 6.45) is 2.66. The number of aliphatic hydroxyl groups is 1. The Kier molecular flexibility index (Phi) is 5.41. The highest BCUT2D eigenvalue weighted by Crippen LogP contribution is 2.15. The van der Waals surface area contributed by atoms with E-state index in [9.17, 15) is 4.79 Å². The summed E-state index contributed by atoms with van der Waals surface area (Å²) < 4.78 is 5.23. The second-order valence-electron chi connectivity index (χ2n) is 5.23. The molecule has 0 saturated carbocycles. The van der Waals surface area contributed by atoms with Gasteiger partial charge in [0.15, 0.2) is 0 Å². The van der Waals surface area contributed by atoms with Crippen LogP contribution in [0, 0.1) is 5.92 Å². The van der Waals surface area contributed by atoms with E-state index in [2.05, 4.69) is 4.90 Å². The van der Waals surface area contributed by atoms with Gasteiger partial charge in [-0.1, -0.05) is 0 Å². The van der Waals surface area contributed by atoms with Gasteiger partial charge < -0.3 is 19.6 Å². The van der Waals surface area contributed by atoms with Crippen molar-refractivity contribution >= 4 is 5.91 Å². The fraction of sp³-hybridized carbons (Fsp3) is 0.923. The summed E-state index contributed by atoms with van der Waals surface area (Å²) >= 11 is 0. The first-order valence-electron chi connectivity index (χ1n) is 6.98. The maximum Gasteiger partial charge on any atom is 0.222 e. The molecule has 0 spiro atoms. The van der Waals surface area contributed by atoms with Crippen LogP contribution in [0.15, 0.2) is 0 Å². The lowest BCUT2D eigenvalue weighted by Crippen LogP contribution is -2.40. The summed E-state index contributed by atoms with van der Waals surface area (Å²) in [6, 6.07) is 0. The number of morpholine rings is 1. The lowest BCUT2D eigenvalue weighted by Gasteiger charge is -2.27. The molecule has 2 aliphatic heterocycles. The summed E-state index contributed by atoms with van der Waals surface area (Å²) in [7, 11) is 0. The van der Waals surface area contributed by atoms with Crippen LogP contribution in [-0.2, 0) is 9.53 Å². The van der Waals surface area contributed by atoms with Crippen molar-refractivity contribution in [1.29, 1.82) is 0 Å². The first-order valence-corrected chi connectivity index (χ1v) is 6.98. The number of rotatable bonds is 5. The lowest BCUT2D eigenvalue weighted by atomic mass is 10.1. The van der Waals surface area contributed by atoms with E-state index in [0.29, 0.717) is 32.2 Å². The molecule has 0 aliphatic carbocycles. The van der Waals surface area contributed by atoms with Gasteiger partial charge in [0.25, 0.3) is 0 Å². The average Bonchev–Trinajstić information content (AvgIpc) is 2.87. The molecule has 0 bridgehead atoms. The average molecular weight is 256 g/mol. The van der Waals surface area contributed by atoms with Gasteiger partial charge in [0.1, 0.15) is 0 Å². The third-order valence-corrected chi connectivity index (χ3v) is 3.86. The number of carbonyl (C=O) groups excluding carboxylic acids is 1. The predicted octanol–water partition coefficient (Wildman–Crippen LogP) is -0.0604. The smallest absolute Gasteiger partial charge is 0.222 e. The second-order valence-corrected chi connectivity index (χ2v) is 5.23. The highest BCUT2D eigenvalue weighted by molar-refractivity contribution is 5.76. The summed E-state index contributed by atoms with van der Waals surface area (Å²) in [4.78, 5) is 16.2. The zero-order chi connectivity index (χ0) is 12.8. The molecule has 18 heavy (non-hydrogen) atoms. The number of ether oxygens (including phenoxy) is 1. The summed E-state index contributed by atoms with van der Waals surface area (Å²) in [5, 5.41) is 9.07. The van der Waals surface area contributed by atoms with Crippen LogP contribution in [0.3, 0.4) is 0 Å². The van der Waals surface area contributed by atoms with E-state index in [0.717, 1.165) is 45.6 Å². The molecule has 5 nitrogen and oxygen atoms in total. The lowest BCUT2D eigenvalue weighted by molar-refractivity contribution is -0.135. The first kappa shape index (κ1) is 13.8. The van der Waals surface area contributed by atoms with Crippen LogP contribution in [0.5, 0.6) is 0 Å². The topological polar surface area (TPSA) is 53.0 Å². The van der Waals surface area contributed by atoms with Crippen molar-refractivity contribution < 1.29 is 14.6 Å². The zero-order valence-electron chi connectivity index (χ0n) is 11.0. The Morgan fingerprint density at radius 3 is 2.72 bits per heavy atom. The van der Waals surface area contributed by atoms with Gasteiger partial charge in [-0.15, -0.1) is 0 Å². The molecule has 2 aliphatic rings.